The fourth-order valence-corrected chi connectivity index (χ4v) is 3.42. The fraction of sp³-hybridized carbons (Fsp3) is 0.381. The minimum absolute atomic E-state index is 0. The number of carbonyl (C=O) groups is 1. The predicted octanol–water partition coefficient (Wildman–Crippen LogP) is 3.29. The summed E-state index contributed by atoms with van der Waals surface area (Å²) in [6.07, 6.45) is 1.60. The van der Waals surface area contributed by atoms with Gasteiger partial charge in [-0.2, -0.15) is 0 Å². The highest BCUT2D eigenvalue weighted by Gasteiger charge is 2.22. The van der Waals surface area contributed by atoms with Gasteiger partial charge in [0.05, 0.1) is 6.10 Å². The van der Waals surface area contributed by atoms with Gasteiger partial charge >= 0.3 is 0 Å². The summed E-state index contributed by atoms with van der Waals surface area (Å²) in [6.45, 7) is 3.24. The lowest BCUT2D eigenvalue weighted by atomic mass is 9.96. The first-order chi connectivity index (χ1) is 12.6. The molecule has 0 bridgehead atoms. The number of aliphatic hydroxyl groups is 1. The summed E-state index contributed by atoms with van der Waals surface area (Å²) in [7, 11) is 0. The van der Waals surface area contributed by atoms with Gasteiger partial charge in [-0.25, -0.2) is 0 Å². The molecule has 5 nitrogen and oxygen atoms in total. The highest BCUT2D eigenvalue weighted by Crippen LogP contribution is 2.20. The number of amides is 1. The lowest BCUT2D eigenvalue weighted by molar-refractivity contribution is 0.0852. The van der Waals surface area contributed by atoms with Crippen LogP contribution in [0.15, 0.2) is 54.6 Å². The molecule has 1 fully saturated rings. The van der Waals surface area contributed by atoms with Gasteiger partial charge in [-0.15, -0.1) is 24.8 Å². The van der Waals surface area contributed by atoms with Crippen molar-refractivity contribution in [2.24, 2.45) is 5.92 Å². The number of anilines is 1. The molecule has 3 rings (SSSR count). The van der Waals surface area contributed by atoms with E-state index < -0.39 is 6.10 Å². The van der Waals surface area contributed by atoms with Crippen molar-refractivity contribution in [1.29, 1.82) is 0 Å². The molecule has 0 aromatic heterocycles. The summed E-state index contributed by atoms with van der Waals surface area (Å²) >= 11 is 0. The maximum atomic E-state index is 12.2. The monoisotopic (exact) mass is 425 g/mol. The summed E-state index contributed by atoms with van der Waals surface area (Å²) < 4.78 is 0. The van der Waals surface area contributed by atoms with Gasteiger partial charge in [0.1, 0.15) is 0 Å². The Morgan fingerprint density at radius 3 is 2.43 bits per heavy atom. The second kappa shape index (κ2) is 11.9. The molecule has 28 heavy (non-hydrogen) atoms. The second-order valence-corrected chi connectivity index (χ2v) is 7.01. The number of likely N-dealkylation sites (tertiary alicyclic amines) is 1. The Morgan fingerprint density at radius 2 is 1.79 bits per heavy atom. The number of β-amino-alcohol motifs (C(OH)–C–C–N with tert-alkyl or cyclic N) is 1. The molecule has 4 N–H and O–H groups in total. The molecule has 1 amide bonds. The van der Waals surface area contributed by atoms with Crippen LogP contribution in [0.4, 0.5) is 5.69 Å². The zero-order valence-corrected chi connectivity index (χ0v) is 17.4. The maximum Gasteiger partial charge on any atom is 0.251 e. The van der Waals surface area contributed by atoms with Crippen LogP contribution >= 0.6 is 24.8 Å². The summed E-state index contributed by atoms with van der Waals surface area (Å²) in [5, 5.41) is 13.4. The third-order valence-electron chi connectivity index (χ3n) is 5.02. The van der Waals surface area contributed by atoms with E-state index in [-0.39, 0.29) is 30.7 Å². The lowest BCUT2D eigenvalue weighted by Crippen LogP contribution is -2.40. The number of rotatable bonds is 6. The Hall–Kier alpha value is -1.79. The topological polar surface area (TPSA) is 78.6 Å². The number of hydrogen-bond donors (Lipinski definition) is 3. The van der Waals surface area contributed by atoms with Crippen molar-refractivity contribution < 1.29 is 9.90 Å². The molecule has 0 aliphatic carbocycles. The fourth-order valence-electron chi connectivity index (χ4n) is 3.42. The zero-order chi connectivity index (χ0) is 18.4. The van der Waals surface area contributed by atoms with E-state index >= 15 is 0 Å². The molecule has 0 radical (unpaired) electrons. The molecule has 1 atom stereocenters. The van der Waals surface area contributed by atoms with Crippen LogP contribution in [-0.4, -0.2) is 42.1 Å². The molecule has 0 spiro atoms. The summed E-state index contributed by atoms with van der Waals surface area (Å²) in [5.41, 5.74) is 7.89. The van der Waals surface area contributed by atoms with Gasteiger partial charge in [0, 0.05) is 24.3 Å². The number of aliphatic hydroxyl groups excluding tert-OH is 1. The number of nitrogens with two attached hydrogens (primary N) is 1. The van der Waals surface area contributed by atoms with Crippen LogP contribution in [-0.2, 0) is 0 Å². The molecule has 2 aromatic carbocycles. The second-order valence-electron chi connectivity index (χ2n) is 7.01. The zero-order valence-electron chi connectivity index (χ0n) is 15.8. The average Bonchev–Trinajstić information content (AvgIpc) is 2.68. The molecule has 1 saturated heterocycles. The van der Waals surface area contributed by atoms with Crippen molar-refractivity contribution >= 4 is 36.4 Å². The van der Waals surface area contributed by atoms with E-state index in [0.717, 1.165) is 31.5 Å². The molecule has 1 heterocycles. The predicted molar refractivity (Wildman–Crippen MR) is 118 cm³/mol. The van der Waals surface area contributed by atoms with E-state index in [1.54, 1.807) is 24.3 Å². The van der Waals surface area contributed by atoms with E-state index in [0.29, 0.717) is 30.3 Å². The van der Waals surface area contributed by atoms with Gasteiger partial charge in [0.25, 0.3) is 5.91 Å². The molecule has 2 aromatic rings. The van der Waals surface area contributed by atoms with Gasteiger partial charge in [0.2, 0.25) is 0 Å². The quantitative estimate of drug-likeness (QED) is 0.620. The van der Waals surface area contributed by atoms with Gasteiger partial charge < -0.3 is 21.1 Å². The van der Waals surface area contributed by atoms with Crippen LogP contribution in [0.25, 0.3) is 0 Å². The van der Waals surface area contributed by atoms with E-state index in [1.165, 1.54) is 0 Å². The van der Waals surface area contributed by atoms with Crippen molar-refractivity contribution in [2.45, 2.75) is 18.9 Å². The number of piperidine rings is 1. The number of halogens is 2. The van der Waals surface area contributed by atoms with Crippen LogP contribution in [0.2, 0.25) is 0 Å². The highest BCUT2D eigenvalue weighted by atomic mass is 35.5. The molecule has 154 valence electrons. The van der Waals surface area contributed by atoms with Crippen LogP contribution in [0.1, 0.15) is 34.9 Å². The first-order valence-electron chi connectivity index (χ1n) is 9.21. The van der Waals surface area contributed by atoms with Gasteiger partial charge in [0.15, 0.2) is 0 Å². The molecular formula is C21H29Cl2N3O2. The van der Waals surface area contributed by atoms with Crippen molar-refractivity contribution in [3.05, 3.63) is 65.7 Å². The summed E-state index contributed by atoms with van der Waals surface area (Å²) in [4.78, 5) is 14.5. The van der Waals surface area contributed by atoms with E-state index in [1.807, 2.05) is 30.3 Å². The summed E-state index contributed by atoms with van der Waals surface area (Å²) in [6, 6.07) is 16.8. The van der Waals surface area contributed by atoms with Crippen molar-refractivity contribution in [3.63, 3.8) is 0 Å². The lowest BCUT2D eigenvalue weighted by Gasteiger charge is -2.33. The Bertz CT molecular complexity index is 723. The van der Waals surface area contributed by atoms with Crippen LogP contribution in [0, 0.1) is 5.92 Å². The number of benzene rings is 2. The third-order valence-corrected chi connectivity index (χ3v) is 5.02. The Balaban J connectivity index is 0.00000196. The Labute approximate surface area is 179 Å². The molecule has 0 saturated carbocycles. The number of nitrogen functional groups attached to an aromatic ring is 1. The molecule has 7 heteroatoms. The maximum absolute atomic E-state index is 12.2. The largest absolute Gasteiger partial charge is 0.399 e. The average molecular weight is 426 g/mol. The number of nitrogens with one attached hydrogen (secondary N) is 1. The number of nitrogens with zero attached hydrogens (tertiary/aromatic N) is 1. The van der Waals surface area contributed by atoms with Crippen molar-refractivity contribution in [1.82, 2.24) is 10.2 Å². The van der Waals surface area contributed by atoms with E-state index in [9.17, 15) is 9.90 Å². The number of carbonyl (C=O) groups excluding carboxylic acids is 1. The van der Waals surface area contributed by atoms with Gasteiger partial charge in [-0.1, -0.05) is 36.4 Å². The third kappa shape index (κ3) is 6.99. The highest BCUT2D eigenvalue weighted by molar-refractivity contribution is 5.94. The molecule has 1 aliphatic heterocycles. The van der Waals surface area contributed by atoms with E-state index in [2.05, 4.69) is 10.2 Å². The normalized spacial score (nSPS) is 15.8. The molecule has 1 unspecified atom stereocenters. The van der Waals surface area contributed by atoms with Crippen LogP contribution < -0.4 is 11.1 Å². The first-order valence-corrected chi connectivity index (χ1v) is 9.21. The Kier molecular flexibility index (Phi) is 10.3. The minimum atomic E-state index is -0.448. The SMILES string of the molecule is Cl.Cl.Nc1cccc(C(=O)NCC2CCN(CC(O)c3ccccc3)CC2)c1. The van der Waals surface area contributed by atoms with Crippen LogP contribution in [0.5, 0.6) is 0 Å². The van der Waals surface area contributed by atoms with Crippen molar-refractivity contribution in [2.75, 3.05) is 31.9 Å². The van der Waals surface area contributed by atoms with Gasteiger partial charge in [-0.3, -0.25) is 4.79 Å². The van der Waals surface area contributed by atoms with E-state index in [4.69, 9.17) is 5.73 Å². The van der Waals surface area contributed by atoms with Crippen LogP contribution in [0.3, 0.4) is 0 Å². The number of hydrogen-bond acceptors (Lipinski definition) is 4. The molecular weight excluding hydrogens is 397 g/mol. The standard InChI is InChI=1S/C21H27N3O2.2ClH/c22-19-8-4-7-18(13-19)21(26)23-14-16-9-11-24(12-10-16)15-20(25)17-5-2-1-3-6-17;;/h1-8,13,16,20,25H,9-12,14-15,22H2,(H,23,26);2*1H. The minimum Gasteiger partial charge on any atom is -0.399 e. The van der Waals surface area contributed by atoms with Crippen molar-refractivity contribution in [3.8, 4) is 0 Å². The van der Waals surface area contributed by atoms with Gasteiger partial charge in [-0.05, 0) is 55.6 Å². The smallest absolute Gasteiger partial charge is 0.251 e. The summed E-state index contributed by atoms with van der Waals surface area (Å²) in [5.74, 6) is 0.407. The first kappa shape index (κ1) is 24.2. The Morgan fingerprint density at radius 1 is 1.11 bits per heavy atom. The molecule has 1 aliphatic rings.